The second kappa shape index (κ2) is 5.82. The molecule has 1 N–H and O–H groups in total. The molecule has 3 heterocycles. The number of carbonyl (C=O) groups excluding carboxylic acids is 1. The Bertz CT molecular complexity index is 1020. The number of aryl methyl sites for hydroxylation is 1. The fourth-order valence-corrected chi connectivity index (χ4v) is 3.00. The first-order valence-corrected chi connectivity index (χ1v) is 8.03. The van der Waals surface area contributed by atoms with Gasteiger partial charge in [-0.2, -0.15) is 5.10 Å². The summed E-state index contributed by atoms with van der Waals surface area (Å²) in [6.07, 6.45) is 3.31. The van der Waals surface area contributed by atoms with Crippen molar-refractivity contribution in [1.82, 2.24) is 24.8 Å². The maximum atomic E-state index is 12.3. The zero-order valence-electron chi connectivity index (χ0n) is 12.7. The zero-order chi connectivity index (χ0) is 16.5. The maximum Gasteiger partial charge on any atom is 0.286 e. The molecule has 24 heavy (non-hydrogen) atoms. The second-order valence-electron chi connectivity index (χ2n) is 5.16. The van der Waals surface area contributed by atoms with Gasteiger partial charge in [-0.15, -0.1) is 10.2 Å². The molecule has 0 aliphatic carbocycles. The molecule has 0 fully saturated rings. The fourth-order valence-electron chi connectivity index (χ4n) is 2.26. The number of nitrogens with zero attached hydrogens (tertiary/aromatic N) is 5. The van der Waals surface area contributed by atoms with Gasteiger partial charge in [0.05, 0.1) is 23.8 Å². The third-order valence-electron chi connectivity index (χ3n) is 3.33. The van der Waals surface area contributed by atoms with E-state index in [-0.39, 0.29) is 5.91 Å². The predicted octanol–water partition coefficient (Wildman–Crippen LogP) is 2.81. The van der Waals surface area contributed by atoms with E-state index in [9.17, 15) is 4.79 Å². The Morgan fingerprint density at radius 3 is 2.88 bits per heavy atom. The van der Waals surface area contributed by atoms with Crippen LogP contribution in [0.25, 0.3) is 16.2 Å². The summed E-state index contributed by atoms with van der Waals surface area (Å²) in [4.78, 5) is 16.6. The van der Waals surface area contributed by atoms with E-state index in [1.807, 2.05) is 43.3 Å². The smallest absolute Gasteiger partial charge is 0.286 e. The Balaban J connectivity index is 1.56. The summed E-state index contributed by atoms with van der Waals surface area (Å²) in [6, 6.07) is 11.5. The number of carbonyl (C=O) groups is 1. The molecule has 1 aromatic carbocycles. The summed E-state index contributed by atoms with van der Waals surface area (Å²) < 4.78 is 1.63. The number of benzene rings is 1. The van der Waals surface area contributed by atoms with Crippen molar-refractivity contribution in [2.24, 2.45) is 0 Å². The Morgan fingerprint density at radius 1 is 1.21 bits per heavy atom. The van der Waals surface area contributed by atoms with Gasteiger partial charge in [-0.25, -0.2) is 9.50 Å². The minimum absolute atomic E-state index is 0.297. The largest absolute Gasteiger partial charge is 0.317 e. The van der Waals surface area contributed by atoms with Crippen LogP contribution in [0.5, 0.6) is 0 Å². The number of hydrogen-bond acceptors (Lipinski definition) is 6. The topological polar surface area (TPSA) is 85.1 Å². The molecule has 4 rings (SSSR count). The average Bonchev–Trinajstić information content (AvgIpc) is 3.21. The van der Waals surface area contributed by atoms with E-state index in [2.05, 4.69) is 25.6 Å². The molecule has 0 radical (unpaired) electrons. The van der Waals surface area contributed by atoms with E-state index >= 15 is 0 Å². The molecule has 0 saturated heterocycles. The molecule has 3 aromatic heterocycles. The Hall–Kier alpha value is -3.13. The number of fused-ring (bicyclic) bond motifs is 1. The third-order valence-corrected chi connectivity index (χ3v) is 4.30. The van der Waals surface area contributed by atoms with Gasteiger partial charge >= 0.3 is 0 Å². The first-order chi connectivity index (χ1) is 11.7. The number of anilines is 1. The van der Waals surface area contributed by atoms with Crippen LogP contribution < -0.4 is 5.32 Å². The number of amides is 1. The van der Waals surface area contributed by atoms with Crippen molar-refractivity contribution in [3.63, 3.8) is 0 Å². The van der Waals surface area contributed by atoms with Gasteiger partial charge in [-0.3, -0.25) is 4.79 Å². The van der Waals surface area contributed by atoms with Crippen LogP contribution in [-0.4, -0.2) is 30.7 Å². The van der Waals surface area contributed by atoms with Crippen LogP contribution in [0.4, 0.5) is 5.69 Å². The molecular formula is C16H12N6OS. The molecular weight excluding hydrogens is 324 g/mol. The Labute approximate surface area is 141 Å². The van der Waals surface area contributed by atoms with Crippen LogP contribution in [0.1, 0.15) is 15.5 Å². The SMILES string of the molecule is Cc1cc2ncc(NC(=O)c3nnc(-c4ccccc4)s3)cn2n1. The summed E-state index contributed by atoms with van der Waals surface area (Å²) in [5.74, 6) is -0.320. The molecule has 0 saturated carbocycles. The molecule has 8 heteroatoms. The highest BCUT2D eigenvalue weighted by Crippen LogP contribution is 2.23. The fraction of sp³-hybridized carbons (Fsp3) is 0.0625. The highest BCUT2D eigenvalue weighted by molar-refractivity contribution is 7.16. The normalized spacial score (nSPS) is 10.9. The van der Waals surface area contributed by atoms with E-state index in [1.54, 1.807) is 16.9 Å². The van der Waals surface area contributed by atoms with Crippen molar-refractivity contribution in [1.29, 1.82) is 0 Å². The summed E-state index contributed by atoms with van der Waals surface area (Å²) in [6.45, 7) is 1.89. The van der Waals surface area contributed by atoms with E-state index in [1.165, 1.54) is 11.3 Å². The summed E-state index contributed by atoms with van der Waals surface area (Å²) in [5, 5.41) is 16.1. The molecule has 0 unspecified atom stereocenters. The van der Waals surface area contributed by atoms with Gasteiger partial charge in [-0.1, -0.05) is 41.7 Å². The van der Waals surface area contributed by atoms with Crippen molar-refractivity contribution in [3.8, 4) is 10.6 Å². The van der Waals surface area contributed by atoms with Crippen molar-refractivity contribution >= 4 is 28.6 Å². The highest BCUT2D eigenvalue weighted by Gasteiger charge is 2.14. The zero-order valence-corrected chi connectivity index (χ0v) is 13.5. The van der Waals surface area contributed by atoms with Gasteiger partial charge in [0.2, 0.25) is 5.01 Å². The predicted molar refractivity (Wildman–Crippen MR) is 91.0 cm³/mol. The average molecular weight is 336 g/mol. The number of rotatable bonds is 3. The van der Waals surface area contributed by atoms with Crippen LogP contribution in [0.3, 0.4) is 0 Å². The molecule has 7 nitrogen and oxygen atoms in total. The number of hydrogen-bond donors (Lipinski definition) is 1. The first kappa shape index (κ1) is 14.5. The van der Waals surface area contributed by atoms with Crippen molar-refractivity contribution in [3.05, 3.63) is 59.5 Å². The minimum Gasteiger partial charge on any atom is -0.317 e. The van der Waals surface area contributed by atoms with Gasteiger partial charge in [0.25, 0.3) is 5.91 Å². The molecule has 0 spiro atoms. The lowest BCUT2D eigenvalue weighted by Crippen LogP contribution is -2.12. The molecule has 0 aliphatic heterocycles. The van der Waals surface area contributed by atoms with Crippen molar-refractivity contribution < 1.29 is 4.79 Å². The van der Waals surface area contributed by atoms with Crippen LogP contribution in [0.15, 0.2) is 48.8 Å². The molecule has 0 aliphatic rings. The van der Waals surface area contributed by atoms with Gasteiger partial charge in [0, 0.05) is 11.6 Å². The van der Waals surface area contributed by atoms with Crippen LogP contribution in [-0.2, 0) is 0 Å². The maximum absolute atomic E-state index is 12.3. The Kier molecular flexibility index (Phi) is 3.51. The van der Waals surface area contributed by atoms with Crippen LogP contribution in [0.2, 0.25) is 0 Å². The lowest BCUT2D eigenvalue weighted by Gasteiger charge is -2.02. The summed E-state index contributed by atoms with van der Waals surface area (Å²) in [7, 11) is 0. The van der Waals surface area contributed by atoms with E-state index < -0.39 is 0 Å². The van der Waals surface area contributed by atoms with Gasteiger partial charge < -0.3 is 5.32 Å². The van der Waals surface area contributed by atoms with Crippen LogP contribution >= 0.6 is 11.3 Å². The standard InChI is InChI=1S/C16H12N6OS/c1-10-7-13-17-8-12(9-22(13)21-10)18-14(23)16-20-19-15(24-16)11-5-3-2-4-6-11/h2-9H,1H3,(H,18,23). The van der Waals surface area contributed by atoms with E-state index in [4.69, 9.17) is 0 Å². The molecule has 1 amide bonds. The van der Waals surface area contributed by atoms with Crippen molar-refractivity contribution in [2.75, 3.05) is 5.32 Å². The molecule has 0 atom stereocenters. The highest BCUT2D eigenvalue weighted by atomic mass is 32.1. The van der Waals surface area contributed by atoms with Gasteiger partial charge in [0.1, 0.15) is 5.01 Å². The number of nitrogens with one attached hydrogen (secondary N) is 1. The molecule has 118 valence electrons. The van der Waals surface area contributed by atoms with Crippen LogP contribution in [0, 0.1) is 6.92 Å². The second-order valence-corrected chi connectivity index (χ2v) is 6.14. The first-order valence-electron chi connectivity index (χ1n) is 7.21. The quantitative estimate of drug-likeness (QED) is 0.622. The van der Waals surface area contributed by atoms with E-state index in [0.29, 0.717) is 15.7 Å². The third kappa shape index (κ3) is 2.74. The minimum atomic E-state index is -0.320. The monoisotopic (exact) mass is 336 g/mol. The lowest BCUT2D eigenvalue weighted by molar-refractivity contribution is 0.102. The van der Waals surface area contributed by atoms with Crippen molar-refractivity contribution in [2.45, 2.75) is 6.92 Å². The summed E-state index contributed by atoms with van der Waals surface area (Å²) >= 11 is 1.24. The summed E-state index contributed by atoms with van der Waals surface area (Å²) in [5.41, 5.74) is 3.08. The molecule has 0 bridgehead atoms. The van der Waals surface area contributed by atoms with Gasteiger partial charge in [0.15, 0.2) is 5.65 Å². The molecule has 4 aromatic rings. The lowest BCUT2D eigenvalue weighted by atomic mass is 10.2. The Morgan fingerprint density at radius 2 is 2.04 bits per heavy atom. The van der Waals surface area contributed by atoms with Gasteiger partial charge in [-0.05, 0) is 6.92 Å². The number of aromatic nitrogens is 5. The van der Waals surface area contributed by atoms with E-state index in [0.717, 1.165) is 16.9 Å².